The van der Waals surface area contributed by atoms with Gasteiger partial charge in [-0.1, -0.05) is 6.92 Å². The summed E-state index contributed by atoms with van der Waals surface area (Å²) in [5.74, 6) is 0.0811. The van der Waals surface area contributed by atoms with Crippen LogP contribution in [0.1, 0.15) is 33.1 Å². The molecule has 0 aliphatic carbocycles. The fourth-order valence-electron chi connectivity index (χ4n) is 1.58. The average molecular weight is 198 g/mol. The zero-order chi connectivity index (χ0) is 10.6. The van der Waals surface area contributed by atoms with Crippen molar-refractivity contribution in [2.45, 2.75) is 39.2 Å². The number of carbonyl (C=O) groups excluding carboxylic acids is 2. The van der Waals surface area contributed by atoms with Crippen LogP contribution < -0.4 is 5.32 Å². The quantitative estimate of drug-likeness (QED) is 0.739. The first-order valence-corrected chi connectivity index (χ1v) is 5.23. The zero-order valence-corrected chi connectivity index (χ0v) is 8.88. The summed E-state index contributed by atoms with van der Waals surface area (Å²) < 4.78 is 0. The highest BCUT2D eigenvalue weighted by molar-refractivity contribution is 5.88. The number of carbonyl (C=O) groups is 2. The highest BCUT2D eigenvalue weighted by atomic mass is 16.2. The second kappa shape index (κ2) is 4.98. The van der Waals surface area contributed by atoms with Crippen LogP contribution in [0.15, 0.2) is 0 Å². The Labute approximate surface area is 84.7 Å². The molecule has 14 heavy (non-hydrogen) atoms. The first-order valence-electron chi connectivity index (χ1n) is 5.23. The fourth-order valence-corrected chi connectivity index (χ4v) is 1.58. The lowest BCUT2D eigenvalue weighted by molar-refractivity contribution is -0.120. The summed E-state index contributed by atoms with van der Waals surface area (Å²) in [7, 11) is 0. The molecular formula is C10H18N2O2. The van der Waals surface area contributed by atoms with Crippen LogP contribution in [0.4, 0.5) is 4.79 Å². The Morgan fingerprint density at radius 1 is 1.36 bits per heavy atom. The van der Waals surface area contributed by atoms with E-state index in [1.807, 2.05) is 0 Å². The summed E-state index contributed by atoms with van der Waals surface area (Å²) in [6, 6.07) is -0.454. The van der Waals surface area contributed by atoms with Gasteiger partial charge in [0.05, 0.1) is 6.04 Å². The Balaban J connectivity index is 2.35. The normalized spacial score (nSPS) is 18.0. The average Bonchev–Trinajstić information content (AvgIpc) is 2.69. The fraction of sp³-hybridized carbons (Fsp3) is 0.800. The lowest BCUT2D eigenvalue weighted by atomic mass is 10.2. The molecule has 1 rings (SSSR count). The van der Waals surface area contributed by atoms with E-state index in [-0.39, 0.29) is 17.9 Å². The largest absolute Gasteiger partial charge is 0.328 e. The molecule has 0 aromatic rings. The van der Waals surface area contributed by atoms with Crippen molar-refractivity contribution >= 4 is 11.8 Å². The third-order valence-electron chi connectivity index (χ3n) is 2.56. The Bertz CT molecular complexity index is 222. The van der Waals surface area contributed by atoms with Crippen molar-refractivity contribution in [2.75, 3.05) is 13.1 Å². The number of urea groups is 1. The second-order valence-electron chi connectivity index (χ2n) is 3.69. The van der Waals surface area contributed by atoms with E-state index in [2.05, 4.69) is 5.32 Å². The van der Waals surface area contributed by atoms with Crippen molar-refractivity contribution in [1.82, 2.24) is 10.2 Å². The number of nitrogens with zero attached hydrogens (tertiary/aromatic N) is 1. The maximum Gasteiger partial charge on any atom is 0.317 e. The second-order valence-corrected chi connectivity index (χ2v) is 3.69. The third kappa shape index (κ3) is 2.72. The van der Waals surface area contributed by atoms with Gasteiger partial charge in [-0.3, -0.25) is 4.79 Å². The molecule has 1 N–H and O–H groups in total. The summed E-state index contributed by atoms with van der Waals surface area (Å²) in [5, 5.41) is 2.71. The Morgan fingerprint density at radius 2 is 1.93 bits per heavy atom. The van der Waals surface area contributed by atoms with Crippen molar-refractivity contribution in [3.63, 3.8) is 0 Å². The molecular weight excluding hydrogens is 180 g/mol. The number of Topliss-reactive ketones (excluding diaryl/α,β-unsaturated/α-hetero) is 1. The standard InChI is InChI=1S/C10H18N2O2/c1-3-9(13)8(2)11-10(14)12-6-4-5-7-12/h8H,3-7H2,1-2H3,(H,11,14). The molecule has 0 bridgehead atoms. The topological polar surface area (TPSA) is 49.4 Å². The number of likely N-dealkylation sites (tertiary alicyclic amines) is 1. The summed E-state index contributed by atoms with van der Waals surface area (Å²) >= 11 is 0. The van der Waals surface area contributed by atoms with Crippen molar-refractivity contribution < 1.29 is 9.59 Å². The van der Waals surface area contributed by atoms with E-state index < -0.39 is 0 Å². The molecule has 1 fully saturated rings. The van der Waals surface area contributed by atoms with Crippen molar-refractivity contribution in [3.05, 3.63) is 0 Å². The number of rotatable bonds is 3. The lowest BCUT2D eigenvalue weighted by Gasteiger charge is -2.19. The van der Waals surface area contributed by atoms with E-state index in [1.54, 1.807) is 18.7 Å². The van der Waals surface area contributed by atoms with Gasteiger partial charge in [-0.05, 0) is 19.8 Å². The van der Waals surface area contributed by atoms with E-state index in [4.69, 9.17) is 0 Å². The van der Waals surface area contributed by atoms with Crippen LogP contribution >= 0.6 is 0 Å². The van der Waals surface area contributed by atoms with Crippen LogP contribution in [0.2, 0.25) is 0 Å². The highest BCUT2D eigenvalue weighted by Crippen LogP contribution is 2.07. The number of amides is 2. The molecule has 1 saturated heterocycles. The molecule has 0 aromatic heterocycles. The van der Waals surface area contributed by atoms with Gasteiger partial charge in [0.15, 0.2) is 5.78 Å². The Kier molecular flexibility index (Phi) is 3.92. The minimum Gasteiger partial charge on any atom is -0.328 e. The Morgan fingerprint density at radius 3 is 2.43 bits per heavy atom. The van der Waals surface area contributed by atoms with E-state index in [9.17, 15) is 9.59 Å². The van der Waals surface area contributed by atoms with E-state index >= 15 is 0 Å². The maximum atomic E-state index is 11.5. The third-order valence-corrected chi connectivity index (χ3v) is 2.56. The summed E-state index contributed by atoms with van der Waals surface area (Å²) in [5.41, 5.74) is 0. The molecule has 1 aliphatic heterocycles. The van der Waals surface area contributed by atoms with Gasteiger partial charge in [-0.2, -0.15) is 0 Å². The van der Waals surface area contributed by atoms with Gasteiger partial charge in [0.25, 0.3) is 0 Å². The monoisotopic (exact) mass is 198 g/mol. The van der Waals surface area contributed by atoms with Gasteiger partial charge in [-0.25, -0.2) is 4.79 Å². The first-order chi connectivity index (χ1) is 6.65. The zero-order valence-electron chi connectivity index (χ0n) is 8.88. The molecule has 0 radical (unpaired) electrons. The van der Waals surface area contributed by atoms with E-state index in [0.29, 0.717) is 6.42 Å². The number of hydrogen-bond acceptors (Lipinski definition) is 2. The smallest absolute Gasteiger partial charge is 0.317 e. The molecule has 0 saturated carbocycles. The minimum absolute atomic E-state index is 0.0811. The van der Waals surface area contributed by atoms with Gasteiger partial charge in [0.1, 0.15) is 0 Å². The van der Waals surface area contributed by atoms with Crippen LogP contribution in [-0.2, 0) is 4.79 Å². The summed E-state index contributed by atoms with van der Waals surface area (Å²) in [6.07, 6.45) is 2.62. The maximum absolute atomic E-state index is 11.5. The predicted molar refractivity (Wildman–Crippen MR) is 54.1 cm³/mol. The SMILES string of the molecule is CCC(=O)C(C)NC(=O)N1CCCC1. The lowest BCUT2D eigenvalue weighted by Crippen LogP contribution is -2.45. The molecule has 4 heteroatoms. The van der Waals surface area contributed by atoms with E-state index in [1.165, 1.54) is 0 Å². The Hall–Kier alpha value is -1.06. The van der Waals surface area contributed by atoms with Crippen LogP contribution in [0, 0.1) is 0 Å². The van der Waals surface area contributed by atoms with Gasteiger partial charge in [0, 0.05) is 19.5 Å². The molecule has 0 spiro atoms. The molecule has 0 aromatic carbocycles. The first kappa shape index (κ1) is 11.0. The van der Waals surface area contributed by atoms with Crippen molar-refractivity contribution in [1.29, 1.82) is 0 Å². The molecule has 1 atom stereocenters. The van der Waals surface area contributed by atoms with Crippen LogP contribution in [0.25, 0.3) is 0 Å². The van der Waals surface area contributed by atoms with Gasteiger partial charge in [-0.15, -0.1) is 0 Å². The molecule has 2 amide bonds. The number of ketones is 1. The number of hydrogen-bond donors (Lipinski definition) is 1. The van der Waals surface area contributed by atoms with Crippen LogP contribution in [0.5, 0.6) is 0 Å². The molecule has 1 heterocycles. The van der Waals surface area contributed by atoms with Crippen LogP contribution in [0.3, 0.4) is 0 Å². The van der Waals surface area contributed by atoms with Crippen molar-refractivity contribution in [3.8, 4) is 0 Å². The molecule has 4 nitrogen and oxygen atoms in total. The summed E-state index contributed by atoms with van der Waals surface area (Å²) in [4.78, 5) is 24.5. The molecule has 80 valence electrons. The molecule has 1 unspecified atom stereocenters. The highest BCUT2D eigenvalue weighted by Gasteiger charge is 2.20. The molecule has 1 aliphatic rings. The minimum atomic E-state index is -0.354. The van der Waals surface area contributed by atoms with Gasteiger partial charge >= 0.3 is 6.03 Å². The van der Waals surface area contributed by atoms with Gasteiger partial charge in [0.2, 0.25) is 0 Å². The van der Waals surface area contributed by atoms with Crippen LogP contribution in [-0.4, -0.2) is 35.8 Å². The number of nitrogens with one attached hydrogen (secondary N) is 1. The van der Waals surface area contributed by atoms with E-state index in [0.717, 1.165) is 25.9 Å². The predicted octanol–water partition coefficient (Wildman–Crippen LogP) is 1.16. The van der Waals surface area contributed by atoms with Gasteiger partial charge < -0.3 is 10.2 Å². The van der Waals surface area contributed by atoms with Crippen molar-refractivity contribution in [2.24, 2.45) is 0 Å². The summed E-state index contributed by atoms with van der Waals surface area (Å²) in [6.45, 7) is 5.18.